The number of benzene rings is 1. The second kappa shape index (κ2) is 7.47. The molecule has 0 unspecified atom stereocenters. The van der Waals surface area contributed by atoms with Crippen LogP contribution in [-0.4, -0.2) is 57.0 Å². The third-order valence-corrected chi connectivity index (χ3v) is 5.78. The number of nitrogens with two attached hydrogens (primary N) is 1. The van der Waals surface area contributed by atoms with Crippen LogP contribution in [0.25, 0.3) is 0 Å². The topological polar surface area (TPSA) is 132 Å². The number of fused-ring (bicyclic) bond motifs is 1. The van der Waals surface area contributed by atoms with Gasteiger partial charge in [-0.3, -0.25) is 14.6 Å². The first kappa shape index (κ1) is 19.4. The van der Waals surface area contributed by atoms with E-state index in [9.17, 15) is 18.0 Å². The zero-order valence-electron chi connectivity index (χ0n) is 15.4. The predicted molar refractivity (Wildman–Crippen MR) is 105 cm³/mol. The molecule has 1 aliphatic heterocycles. The molecular formula is C19H18N4O5S. The number of aromatic nitrogens is 1. The van der Waals surface area contributed by atoms with Gasteiger partial charge in [0.1, 0.15) is 5.69 Å². The van der Waals surface area contributed by atoms with E-state index in [0.29, 0.717) is 32.0 Å². The van der Waals surface area contributed by atoms with Crippen LogP contribution in [0.2, 0.25) is 0 Å². The molecule has 1 fully saturated rings. The fourth-order valence-electron chi connectivity index (χ4n) is 3.49. The standard InChI is InChI=1S/C19H18N4O5S/c20-29(26,27)17-3-1-2-12-18(17)16(24)10-13(19(12)25)22-14-11-21-5-4-15(14)23-6-8-28-9-7-23/h1-5,11H,6-10H2,(H2,20,26,27). The number of carbonyl (C=O) groups excluding carboxylic acids is 2. The molecular weight excluding hydrogens is 396 g/mol. The highest BCUT2D eigenvalue weighted by molar-refractivity contribution is 7.89. The minimum absolute atomic E-state index is 0.0108. The molecule has 9 nitrogen and oxygen atoms in total. The molecule has 10 heteroatoms. The molecule has 150 valence electrons. The lowest BCUT2D eigenvalue weighted by Crippen LogP contribution is -2.36. The molecule has 0 saturated carbocycles. The fraction of sp³-hybridized carbons (Fsp3) is 0.263. The lowest BCUT2D eigenvalue weighted by molar-refractivity contribution is 0.0962. The number of sulfonamides is 1. The Balaban J connectivity index is 1.77. The summed E-state index contributed by atoms with van der Waals surface area (Å²) in [6, 6.07) is 5.81. The molecule has 1 saturated heterocycles. The van der Waals surface area contributed by atoms with Crippen molar-refractivity contribution >= 4 is 38.7 Å². The zero-order chi connectivity index (χ0) is 20.6. The van der Waals surface area contributed by atoms with Gasteiger partial charge in [0.15, 0.2) is 5.78 Å². The fourth-order valence-corrected chi connectivity index (χ4v) is 4.27. The number of rotatable bonds is 3. The van der Waals surface area contributed by atoms with Crippen molar-refractivity contribution in [3.8, 4) is 0 Å². The van der Waals surface area contributed by atoms with Crippen molar-refractivity contribution in [2.75, 3.05) is 31.2 Å². The molecule has 0 radical (unpaired) electrons. The molecule has 4 rings (SSSR count). The van der Waals surface area contributed by atoms with Gasteiger partial charge in [0.2, 0.25) is 15.8 Å². The van der Waals surface area contributed by atoms with Crippen LogP contribution in [-0.2, 0) is 14.8 Å². The average molecular weight is 414 g/mol. The van der Waals surface area contributed by atoms with Gasteiger partial charge in [-0.25, -0.2) is 18.5 Å². The van der Waals surface area contributed by atoms with Crippen LogP contribution in [0.1, 0.15) is 27.1 Å². The maximum Gasteiger partial charge on any atom is 0.238 e. The van der Waals surface area contributed by atoms with E-state index in [1.165, 1.54) is 24.4 Å². The van der Waals surface area contributed by atoms with Crippen LogP contribution < -0.4 is 10.0 Å². The first-order valence-corrected chi connectivity index (χ1v) is 10.5. The third-order valence-electron chi connectivity index (χ3n) is 4.83. The van der Waals surface area contributed by atoms with E-state index >= 15 is 0 Å². The summed E-state index contributed by atoms with van der Waals surface area (Å²) >= 11 is 0. The Morgan fingerprint density at radius 3 is 2.62 bits per heavy atom. The van der Waals surface area contributed by atoms with E-state index in [-0.39, 0.29) is 28.2 Å². The third kappa shape index (κ3) is 3.69. The molecule has 1 aliphatic carbocycles. The molecule has 2 aliphatic rings. The van der Waals surface area contributed by atoms with Crippen LogP contribution in [0, 0.1) is 0 Å². The summed E-state index contributed by atoms with van der Waals surface area (Å²) in [4.78, 5) is 35.9. The monoisotopic (exact) mass is 414 g/mol. The molecule has 2 N–H and O–H groups in total. The van der Waals surface area contributed by atoms with E-state index in [2.05, 4.69) is 14.9 Å². The number of morpholine rings is 1. The van der Waals surface area contributed by atoms with E-state index < -0.39 is 21.6 Å². The van der Waals surface area contributed by atoms with Gasteiger partial charge in [0, 0.05) is 30.4 Å². The van der Waals surface area contributed by atoms with Crippen molar-refractivity contribution in [3.63, 3.8) is 0 Å². The molecule has 0 spiro atoms. The molecule has 2 aromatic rings. The van der Waals surface area contributed by atoms with Crippen molar-refractivity contribution in [1.82, 2.24) is 4.98 Å². The van der Waals surface area contributed by atoms with Crippen molar-refractivity contribution in [1.29, 1.82) is 0 Å². The summed E-state index contributed by atoms with van der Waals surface area (Å²) < 4.78 is 29.0. The summed E-state index contributed by atoms with van der Waals surface area (Å²) in [7, 11) is -4.14. The van der Waals surface area contributed by atoms with E-state index in [1.54, 1.807) is 12.3 Å². The van der Waals surface area contributed by atoms with Gasteiger partial charge in [0.05, 0.1) is 42.1 Å². The molecule has 0 atom stereocenters. The Morgan fingerprint density at radius 1 is 1.14 bits per heavy atom. The highest BCUT2D eigenvalue weighted by Crippen LogP contribution is 2.31. The van der Waals surface area contributed by atoms with Crippen LogP contribution in [0.5, 0.6) is 0 Å². The van der Waals surface area contributed by atoms with Crippen molar-refractivity contribution < 1.29 is 22.7 Å². The summed E-state index contributed by atoms with van der Waals surface area (Å²) in [5.41, 5.74) is 1.12. The highest BCUT2D eigenvalue weighted by atomic mass is 32.2. The molecule has 1 aromatic heterocycles. The number of nitrogens with zero attached hydrogens (tertiary/aromatic N) is 3. The maximum atomic E-state index is 13.0. The second-order valence-electron chi connectivity index (χ2n) is 6.68. The Labute approximate surface area is 167 Å². The van der Waals surface area contributed by atoms with Crippen molar-refractivity contribution in [2.45, 2.75) is 11.3 Å². The SMILES string of the molecule is NS(=O)(=O)c1cccc2c1C(=O)CC(=Nc1cnccc1N1CCOCC1)C2=O. The van der Waals surface area contributed by atoms with Crippen LogP contribution in [0.4, 0.5) is 11.4 Å². The smallest absolute Gasteiger partial charge is 0.238 e. The first-order valence-electron chi connectivity index (χ1n) is 8.94. The zero-order valence-corrected chi connectivity index (χ0v) is 16.2. The number of hydrogen-bond acceptors (Lipinski definition) is 8. The maximum absolute atomic E-state index is 13.0. The summed E-state index contributed by atoms with van der Waals surface area (Å²) in [5.74, 6) is -1.01. The minimum atomic E-state index is -4.14. The van der Waals surface area contributed by atoms with Crippen LogP contribution >= 0.6 is 0 Å². The number of anilines is 1. The quantitative estimate of drug-likeness (QED) is 0.795. The number of pyridine rings is 1. The number of aliphatic imine (C=N–C) groups is 1. The van der Waals surface area contributed by atoms with Gasteiger partial charge in [-0.15, -0.1) is 0 Å². The lowest BCUT2D eigenvalue weighted by atomic mass is 9.88. The normalized spacial score (nSPS) is 18.8. The van der Waals surface area contributed by atoms with Gasteiger partial charge in [-0.2, -0.15) is 0 Å². The number of Topliss-reactive ketones (excluding diaryl/α,β-unsaturated/α-hetero) is 2. The minimum Gasteiger partial charge on any atom is -0.378 e. The van der Waals surface area contributed by atoms with E-state index in [4.69, 9.17) is 9.88 Å². The van der Waals surface area contributed by atoms with E-state index in [1.807, 2.05) is 0 Å². The van der Waals surface area contributed by atoms with Crippen molar-refractivity contribution in [2.24, 2.45) is 10.1 Å². The predicted octanol–water partition coefficient (Wildman–Crippen LogP) is 1.11. The summed E-state index contributed by atoms with van der Waals surface area (Å²) in [5, 5.41) is 5.20. The summed E-state index contributed by atoms with van der Waals surface area (Å²) in [6.07, 6.45) is 2.86. The van der Waals surface area contributed by atoms with Gasteiger partial charge in [-0.05, 0) is 12.1 Å². The number of ketones is 2. The van der Waals surface area contributed by atoms with Gasteiger partial charge < -0.3 is 9.64 Å². The Bertz CT molecular complexity index is 1140. The first-order chi connectivity index (χ1) is 13.9. The van der Waals surface area contributed by atoms with Crippen LogP contribution in [0.3, 0.4) is 0 Å². The molecule has 29 heavy (non-hydrogen) atoms. The van der Waals surface area contributed by atoms with Gasteiger partial charge in [-0.1, -0.05) is 12.1 Å². The molecule has 0 amide bonds. The second-order valence-corrected chi connectivity index (χ2v) is 8.20. The number of ether oxygens (including phenoxy) is 1. The molecule has 1 aromatic carbocycles. The average Bonchev–Trinajstić information content (AvgIpc) is 2.72. The Hall–Kier alpha value is -2.95. The number of hydrogen-bond donors (Lipinski definition) is 1. The molecule has 2 heterocycles. The summed E-state index contributed by atoms with van der Waals surface area (Å²) in [6.45, 7) is 2.52. The van der Waals surface area contributed by atoms with Crippen molar-refractivity contribution in [3.05, 3.63) is 47.8 Å². The van der Waals surface area contributed by atoms with Gasteiger partial charge >= 0.3 is 0 Å². The Morgan fingerprint density at radius 2 is 1.90 bits per heavy atom. The largest absolute Gasteiger partial charge is 0.378 e. The van der Waals surface area contributed by atoms with Crippen LogP contribution in [0.15, 0.2) is 46.5 Å². The Kier molecular flexibility index (Phi) is 4.99. The number of primary sulfonamides is 1. The number of carbonyl (C=O) groups is 2. The highest BCUT2D eigenvalue weighted by Gasteiger charge is 2.34. The molecule has 0 bridgehead atoms. The van der Waals surface area contributed by atoms with Gasteiger partial charge in [0.25, 0.3) is 0 Å². The van der Waals surface area contributed by atoms with E-state index in [0.717, 1.165) is 5.69 Å². The lowest BCUT2D eigenvalue weighted by Gasteiger charge is -2.29.